The van der Waals surface area contributed by atoms with Crippen LogP contribution in [0.1, 0.15) is 32.1 Å². The summed E-state index contributed by atoms with van der Waals surface area (Å²) < 4.78 is 0. The van der Waals surface area contributed by atoms with Gasteiger partial charge >= 0.3 is 0 Å². The third-order valence-electron chi connectivity index (χ3n) is 5.97. The second-order valence-corrected chi connectivity index (χ2v) is 9.02. The van der Waals surface area contributed by atoms with E-state index in [9.17, 15) is 0 Å². The molecule has 0 aromatic heterocycles. The van der Waals surface area contributed by atoms with Crippen molar-refractivity contribution in [3.8, 4) is 0 Å². The minimum atomic E-state index is 0.588. The minimum Gasteiger partial charge on any atom is -0.369 e. The van der Waals surface area contributed by atoms with Crippen molar-refractivity contribution in [1.29, 1.82) is 0 Å². The van der Waals surface area contributed by atoms with Crippen molar-refractivity contribution >= 4 is 23.4 Å². The highest BCUT2D eigenvalue weighted by atomic mass is 32.2. The molecule has 2 N–H and O–H groups in total. The van der Waals surface area contributed by atoms with Crippen molar-refractivity contribution in [2.24, 2.45) is 4.99 Å². The van der Waals surface area contributed by atoms with Crippen molar-refractivity contribution in [2.45, 2.75) is 43.4 Å². The summed E-state index contributed by atoms with van der Waals surface area (Å²) in [5, 5.41) is 7.92. The molecule has 0 radical (unpaired) electrons. The summed E-state index contributed by atoms with van der Waals surface area (Å²) >= 11 is 2.00. The molecule has 1 aliphatic carbocycles. The van der Waals surface area contributed by atoms with E-state index in [0.717, 1.165) is 30.8 Å². The number of hydrogen-bond acceptors (Lipinski definition) is 4. The average molecular weight is 404 g/mol. The predicted octanol–water partition coefficient (Wildman–Crippen LogP) is 3.04. The van der Waals surface area contributed by atoms with E-state index in [1.165, 1.54) is 57.4 Å². The molecule has 6 heteroatoms. The largest absolute Gasteiger partial charge is 0.369 e. The molecule has 0 spiro atoms. The van der Waals surface area contributed by atoms with E-state index >= 15 is 0 Å². The Kier molecular flexibility index (Phi) is 8.80. The van der Waals surface area contributed by atoms with Crippen LogP contribution in [0.15, 0.2) is 35.3 Å². The highest BCUT2D eigenvalue weighted by Crippen LogP contribution is 2.28. The SMILES string of the molecule is CN=C(NCCCCN1CCN(c2ccccc2)CC1)NC1CCC(SC)C1. The van der Waals surface area contributed by atoms with Gasteiger partial charge in [0.1, 0.15) is 0 Å². The summed E-state index contributed by atoms with van der Waals surface area (Å²) in [6, 6.07) is 11.4. The zero-order valence-corrected chi connectivity index (χ0v) is 18.4. The van der Waals surface area contributed by atoms with Crippen LogP contribution in [0, 0.1) is 0 Å². The van der Waals surface area contributed by atoms with Crippen LogP contribution in [-0.4, -0.2) is 74.7 Å². The van der Waals surface area contributed by atoms with Crippen LogP contribution >= 0.6 is 11.8 Å². The summed E-state index contributed by atoms with van der Waals surface area (Å²) in [5.74, 6) is 0.975. The van der Waals surface area contributed by atoms with E-state index < -0.39 is 0 Å². The molecule has 0 amide bonds. The van der Waals surface area contributed by atoms with Gasteiger partial charge in [-0.25, -0.2) is 0 Å². The Hall–Kier alpha value is -1.40. The summed E-state index contributed by atoms with van der Waals surface area (Å²) in [6.45, 7) is 6.82. The highest BCUT2D eigenvalue weighted by molar-refractivity contribution is 7.99. The van der Waals surface area contributed by atoms with Crippen molar-refractivity contribution in [1.82, 2.24) is 15.5 Å². The number of para-hydroxylation sites is 1. The summed E-state index contributed by atoms with van der Waals surface area (Å²) in [7, 11) is 1.88. The fraction of sp³-hybridized carbons (Fsp3) is 0.682. The number of rotatable bonds is 8. The van der Waals surface area contributed by atoms with Gasteiger partial charge in [-0.05, 0) is 57.0 Å². The van der Waals surface area contributed by atoms with E-state index in [4.69, 9.17) is 0 Å². The fourth-order valence-corrected chi connectivity index (χ4v) is 5.01. The summed E-state index contributed by atoms with van der Waals surface area (Å²) in [5.41, 5.74) is 1.36. The van der Waals surface area contributed by atoms with Crippen molar-refractivity contribution in [2.75, 3.05) is 57.5 Å². The van der Waals surface area contributed by atoms with E-state index in [0.29, 0.717) is 6.04 Å². The molecule has 3 rings (SSSR count). The molecule has 1 heterocycles. The number of nitrogens with one attached hydrogen (secondary N) is 2. The average Bonchev–Trinajstić information content (AvgIpc) is 3.21. The Bertz CT molecular complexity index is 586. The van der Waals surface area contributed by atoms with Gasteiger partial charge in [0.15, 0.2) is 5.96 Å². The van der Waals surface area contributed by atoms with E-state index in [-0.39, 0.29) is 0 Å². The Morgan fingerprint density at radius 2 is 1.89 bits per heavy atom. The van der Waals surface area contributed by atoms with Gasteiger partial charge in [-0.15, -0.1) is 0 Å². The van der Waals surface area contributed by atoms with Crippen LogP contribution < -0.4 is 15.5 Å². The number of hydrogen-bond donors (Lipinski definition) is 2. The molecule has 5 nitrogen and oxygen atoms in total. The Balaban J connectivity index is 1.25. The number of thioether (sulfide) groups is 1. The van der Waals surface area contributed by atoms with E-state index in [1.807, 2.05) is 18.8 Å². The Labute approximate surface area is 175 Å². The molecule has 1 aliphatic heterocycles. The molecule has 0 bridgehead atoms. The number of benzene rings is 1. The molecular weight excluding hydrogens is 366 g/mol. The standard InChI is InChI=1S/C22H37N5S/c1-23-22(25-19-10-11-21(18-19)28-2)24-12-6-7-13-26-14-16-27(17-15-26)20-8-4-3-5-9-20/h3-5,8-9,19,21H,6-7,10-18H2,1-2H3,(H2,23,24,25). The van der Waals surface area contributed by atoms with Gasteiger partial charge < -0.3 is 15.5 Å². The molecule has 1 aromatic rings. The molecule has 156 valence electrons. The zero-order chi connectivity index (χ0) is 19.6. The molecule has 1 aromatic carbocycles. The molecule has 2 atom stereocenters. The van der Waals surface area contributed by atoms with Crippen LogP contribution in [0.2, 0.25) is 0 Å². The number of unbranched alkanes of at least 4 members (excludes halogenated alkanes) is 1. The summed E-state index contributed by atoms with van der Waals surface area (Å²) in [6.07, 6.45) is 8.51. The van der Waals surface area contributed by atoms with E-state index in [1.54, 1.807) is 0 Å². The number of aliphatic imine (C=N–C) groups is 1. The second kappa shape index (κ2) is 11.6. The Morgan fingerprint density at radius 1 is 1.11 bits per heavy atom. The first-order valence-electron chi connectivity index (χ1n) is 10.8. The minimum absolute atomic E-state index is 0.588. The van der Waals surface area contributed by atoms with Crippen LogP contribution in [-0.2, 0) is 0 Å². The molecule has 2 fully saturated rings. The lowest BCUT2D eigenvalue weighted by Gasteiger charge is -2.36. The number of nitrogens with zero attached hydrogens (tertiary/aromatic N) is 3. The first-order valence-corrected chi connectivity index (χ1v) is 12.1. The lowest BCUT2D eigenvalue weighted by atomic mass is 10.2. The molecule has 1 saturated carbocycles. The fourth-order valence-electron chi connectivity index (χ4n) is 4.21. The zero-order valence-electron chi connectivity index (χ0n) is 17.6. The topological polar surface area (TPSA) is 42.9 Å². The number of anilines is 1. The van der Waals surface area contributed by atoms with Crippen LogP contribution in [0.4, 0.5) is 5.69 Å². The van der Waals surface area contributed by atoms with Gasteiger partial charge in [0.25, 0.3) is 0 Å². The normalized spacial score (nSPS) is 23.8. The molecule has 2 unspecified atom stereocenters. The first-order chi connectivity index (χ1) is 13.8. The van der Waals surface area contributed by atoms with Crippen molar-refractivity contribution in [3.63, 3.8) is 0 Å². The maximum absolute atomic E-state index is 4.40. The van der Waals surface area contributed by atoms with Gasteiger partial charge in [-0.2, -0.15) is 11.8 Å². The van der Waals surface area contributed by atoms with Crippen molar-refractivity contribution < 1.29 is 0 Å². The third-order valence-corrected chi connectivity index (χ3v) is 7.06. The number of piperazine rings is 1. The quantitative estimate of drug-likeness (QED) is 0.397. The van der Waals surface area contributed by atoms with Crippen LogP contribution in [0.25, 0.3) is 0 Å². The van der Waals surface area contributed by atoms with Crippen LogP contribution in [0.5, 0.6) is 0 Å². The summed E-state index contributed by atoms with van der Waals surface area (Å²) in [4.78, 5) is 9.50. The van der Waals surface area contributed by atoms with Crippen LogP contribution in [0.3, 0.4) is 0 Å². The molecule has 2 aliphatic rings. The van der Waals surface area contributed by atoms with Gasteiger partial charge in [-0.1, -0.05) is 18.2 Å². The third kappa shape index (κ3) is 6.59. The monoisotopic (exact) mass is 403 g/mol. The van der Waals surface area contributed by atoms with Gasteiger partial charge in [0.05, 0.1) is 0 Å². The van der Waals surface area contributed by atoms with E-state index in [2.05, 4.69) is 62.0 Å². The van der Waals surface area contributed by atoms with Gasteiger partial charge in [0.2, 0.25) is 0 Å². The lowest BCUT2D eigenvalue weighted by Crippen LogP contribution is -2.46. The second-order valence-electron chi connectivity index (χ2n) is 7.88. The predicted molar refractivity (Wildman–Crippen MR) is 124 cm³/mol. The Morgan fingerprint density at radius 3 is 2.57 bits per heavy atom. The highest BCUT2D eigenvalue weighted by Gasteiger charge is 2.24. The maximum Gasteiger partial charge on any atom is 0.191 e. The maximum atomic E-state index is 4.40. The molecule has 1 saturated heterocycles. The van der Waals surface area contributed by atoms with Crippen molar-refractivity contribution in [3.05, 3.63) is 30.3 Å². The van der Waals surface area contributed by atoms with Gasteiger partial charge in [-0.3, -0.25) is 9.89 Å². The lowest BCUT2D eigenvalue weighted by molar-refractivity contribution is 0.253. The molecule has 28 heavy (non-hydrogen) atoms. The first kappa shape index (κ1) is 21.3. The smallest absolute Gasteiger partial charge is 0.191 e. The number of guanidine groups is 1. The van der Waals surface area contributed by atoms with Gasteiger partial charge in [0, 0.05) is 56.8 Å². The molecular formula is C22H37N5S.